The van der Waals surface area contributed by atoms with Crippen molar-refractivity contribution in [2.45, 2.75) is 39.7 Å². The maximum atomic E-state index is 11.3. The van der Waals surface area contributed by atoms with Crippen LogP contribution >= 0.6 is 0 Å². The van der Waals surface area contributed by atoms with Gasteiger partial charge in [-0.2, -0.15) is 10.2 Å². The maximum Gasteiger partial charge on any atom is 0.150 e. The van der Waals surface area contributed by atoms with Gasteiger partial charge in [0, 0.05) is 11.3 Å². The average Bonchev–Trinajstić information content (AvgIpc) is 2.32. The van der Waals surface area contributed by atoms with Crippen molar-refractivity contribution in [3.63, 3.8) is 0 Å². The molecule has 0 saturated heterocycles. The average molecular weight is 272 g/mol. The van der Waals surface area contributed by atoms with Gasteiger partial charge in [-0.3, -0.25) is 0 Å². The molecule has 18 heavy (non-hydrogen) atoms. The fourth-order valence-corrected chi connectivity index (χ4v) is 2.60. The third-order valence-corrected chi connectivity index (χ3v) is 4.66. The van der Waals surface area contributed by atoms with Gasteiger partial charge in [-0.25, -0.2) is 8.42 Å². The smallest absolute Gasteiger partial charge is 0.150 e. The Kier molecular flexibility index (Phi) is 5.22. The number of aromatic nitrogens is 2. The first-order valence-electron chi connectivity index (χ1n) is 6.05. The number of aliphatic hydroxyl groups excluding tert-OH is 1. The number of aryl methyl sites for hydroxylation is 2. The number of nitrogens with zero attached hydrogens (tertiary/aromatic N) is 2. The van der Waals surface area contributed by atoms with Crippen LogP contribution in [0.5, 0.6) is 0 Å². The van der Waals surface area contributed by atoms with Crippen LogP contribution in [0.15, 0.2) is 6.07 Å². The number of sulfone groups is 1. The van der Waals surface area contributed by atoms with Gasteiger partial charge >= 0.3 is 0 Å². The minimum Gasteiger partial charge on any atom is -0.388 e. The van der Waals surface area contributed by atoms with E-state index in [9.17, 15) is 13.5 Å². The molecule has 0 aliphatic heterocycles. The number of hydrogen-bond donors (Lipinski definition) is 1. The largest absolute Gasteiger partial charge is 0.388 e. The van der Waals surface area contributed by atoms with E-state index in [1.165, 1.54) is 0 Å². The van der Waals surface area contributed by atoms with Gasteiger partial charge in [0.2, 0.25) is 0 Å². The molecular formula is C12H20N2O3S. The molecule has 0 aromatic carbocycles. The zero-order valence-electron chi connectivity index (χ0n) is 11.0. The highest BCUT2D eigenvalue weighted by molar-refractivity contribution is 7.91. The highest BCUT2D eigenvalue weighted by Gasteiger charge is 2.14. The van der Waals surface area contributed by atoms with E-state index in [1.54, 1.807) is 19.9 Å². The highest BCUT2D eigenvalue weighted by atomic mass is 32.2. The third-order valence-electron chi connectivity index (χ3n) is 2.87. The lowest BCUT2D eigenvalue weighted by atomic mass is 10.0. The van der Waals surface area contributed by atoms with E-state index in [2.05, 4.69) is 10.2 Å². The Hall–Kier alpha value is -1.01. The standard InChI is InChI=1S/C12H20N2O3S/c1-4-18(16,17)7-5-6-12(15)11-8-9(2)13-14-10(11)3/h8,12,15H,4-7H2,1-3H3. The van der Waals surface area contributed by atoms with E-state index in [-0.39, 0.29) is 11.5 Å². The summed E-state index contributed by atoms with van der Waals surface area (Å²) in [4.78, 5) is 0. The highest BCUT2D eigenvalue weighted by Crippen LogP contribution is 2.21. The Bertz CT molecular complexity index is 500. The van der Waals surface area contributed by atoms with Crippen LogP contribution in [0.3, 0.4) is 0 Å². The lowest BCUT2D eigenvalue weighted by molar-refractivity contribution is 0.165. The van der Waals surface area contributed by atoms with Crippen molar-refractivity contribution < 1.29 is 13.5 Å². The molecule has 1 heterocycles. The van der Waals surface area contributed by atoms with Crippen molar-refractivity contribution in [3.8, 4) is 0 Å². The van der Waals surface area contributed by atoms with Crippen molar-refractivity contribution in [3.05, 3.63) is 23.0 Å². The van der Waals surface area contributed by atoms with Crippen LogP contribution in [0.4, 0.5) is 0 Å². The Labute approximate surface area is 108 Å². The second-order valence-electron chi connectivity index (χ2n) is 4.42. The molecule has 1 atom stereocenters. The van der Waals surface area contributed by atoms with Gasteiger partial charge in [0.05, 0.1) is 23.2 Å². The molecule has 1 unspecified atom stereocenters. The Morgan fingerprint density at radius 1 is 1.33 bits per heavy atom. The lowest BCUT2D eigenvalue weighted by Gasteiger charge is -2.13. The van der Waals surface area contributed by atoms with E-state index in [1.807, 2.05) is 6.92 Å². The summed E-state index contributed by atoms with van der Waals surface area (Å²) in [5, 5.41) is 17.9. The van der Waals surface area contributed by atoms with Gasteiger partial charge in [0.15, 0.2) is 0 Å². The molecular weight excluding hydrogens is 252 g/mol. The summed E-state index contributed by atoms with van der Waals surface area (Å²) in [6, 6.07) is 1.79. The van der Waals surface area contributed by atoms with E-state index >= 15 is 0 Å². The SMILES string of the molecule is CCS(=O)(=O)CCCC(O)c1cc(C)nnc1C. The molecule has 1 rings (SSSR count). The molecule has 0 aliphatic rings. The Balaban J connectivity index is 2.61. The predicted molar refractivity (Wildman–Crippen MR) is 70.0 cm³/mol. The van der Waals surface area contributed by atoms with Gasteiger partial charge < -0.3 is 5.11 Å². The third kappa shape index (κ3) is 4.34. The lowest BCUT2D eigenvalue weighted by Crippen LogP contribution is -2.11. The van der Waals surface area contributed by atoms with Gasteiger partial charge in [0.25, 0.3) is 0 Å². The molecule has 6 heteroatoms. The Morgan fingerprint density at radius 3 is 2.61 bits per heavy atom. The van der Waals surface area contributed by atoms with Crippen molar-refractivity contribution in [2.75, 3.05) is 11.5 Å². The minimum atomic E-state index is -2.95. The fourth-order valence-electron chi connectivity index (χ4n) is 1.70. The number of aliphatic hydroxyl groups is 1. The summed E-state index contributed by atoms with van der Waals surface area (Å²) in [7, 11) is -2.95. The zero-order chi connectivity index (χ0) is 13.8. The first-order chi connectivity index (χ1) is 8.35. The molecule has 0 spiro atoms. The summed E-state index contributed by atoms with van der Waals surface area (Å²) in [6.45, 7) is 5.23. The Morgan fingerprint density at radius 2 is 2.00 bits per heavy atom. The van der Waals surface area contributed by atoms with E-state index in [4.69, 9.17) is 0 Å². The van der Waals surface area contributed by atoms with Crippen LogP contribution in [0, 0.1) is 13.8 Å². The van der Waals surface area contributed by atoms with E-state index < -0.39 is 15.9 Å². The molecule has 0 saturated carbocycles. The molecule has 0 aliphatic carbocycles. The van der Waals surface area contributed by atoms with E-state index in [0.29, 0.717) is 18.5 Å². The number of rotatable bonds is 6. The predicted octanol–water partition coefficient (Wildman–Crippen LogP) is 1.34. The molecule has 1 N–H and O–H groups in total. The van der Waals surface area contributed by atoms with Crippen LogP contribution < -0.4 is 0 Å². The summed E-state index contributed by atoms with van der Waals surface area (Å²) >= 11 is 0. The van der Waals surface area contributed by atoms with Crippen molar-refractivity contribution >= 4 is 9.84 Å². The van der Waals surface area contributed by atoms with E-state index in [0.717, 1.165) is 11.3 Å². The van der Waals surface area contributed by atoms with Crippen molar-refractivity contribution in [2.24, 2.45) is 0 Å². The normalized spacial score (nSPS) is 13.6. The maximum absolute atomic E-state index is 11.3. The topological polar surface area (TPSA) is 80.2 Å². The summed E-state index contributed by atoms with van der Waals surface area (Å²) in [5.74, 6) is 0.273. The number of hydrogen-bond acceptors (Lipinski definition) is 5. The monoisotopic (exact) mass is 272 g/mol. The van der Waals surface area contributed by atoms with Crippen LogP contribution in [0.2, 0.25) is 0 Å². The molecule has 0 fully saturated rings. The van der Waals surface area contributed by atoms with Gasteiger partial charge in [-0.05, 0) is 32.8 Å². The van der Waals surface area contributed by atoms with Crippen LogP contribution in [0.25, 0.3) is 0 Å². The second kappa shape index (κ2) is 6.24. The molecule has 102 valence electrons. The van der Waals surface area contributed by atoms with Crippen LogP contribution in [-0.2, 0) is 9.84 Å². The zero-order valence-corrected chi connectivity index (χ0v) is 11.9. The summed E-state index contributed by atoms with van der Waals surface area (Å²) < 4.78 is 22.7. The fraction of sp³-hybridized carbons (Fsp3) is 0.667. The van der Waals surface area contributed by atoms with Crippen molar-refractivity contribution in [1.82, 2.24) is 10.2 Å². The van der Waals surface area contributed by atoms with Crippen LogP contribution in [-0.4, -0.2) is 35.2 Å². The molecule has 5 nitrogen and oxygen atoms in total. The van der Waals surface area contributed by atoms with Crippen LogP contribution in [0.1, 0.15) is 42.8 Å². The molecule has 1 aromatic heterocycles. The molecule has 0 bridgehead atoms. The molecule has 0 radical (unpaired) electrons. The first kappa shape index (κ1) is 15.0. The first-order valence-corrected chi connectivity index (χ1v) is 7.87. The molecule has 1 aromatic rings. The van der Waals surface area contributed by atoms with Gasteiger partial charge in [-0.15, -0.1) is 0 Å². The quantitative estimate of drug-likeness (QED) is 0.845. The van der Waals surface area contributed by atoms with Gasteiger partial charge in [-0.1, -0.05) is 6.92 Å². The van der Waals surface area contributed by atoms with Gasteiger partial charge in [0.1, 0.15) is 9.84 Å². The minimum absolute atomic E-state index is 0.122. The summed E-state index contributed by atoms with van der Waals surface area (Å²) in [6.07, 6.45) is 0.204. The second-order valence-corrected chi connectivity index (χ2v) is 6.89. The summed E-state index contributed by atoms with van der Waals surface area (Å²) in [5.41, 5.74) is 2.17. The molecule has 0 amide bonds. The van der Waals surface area contributed by atoms with Crippen molar-refractivity contribution in [1.29, 1.82) is 0 Å².